The van der Waals surface area contributed by atoms with Crippen molar-refractivity contribution in [3.8, 4) is 0 Å². The first-order valence-electron chi connectivity index (χ1n) is 5.50. The first-order valence-corrected chi connectivity index (χ1v) is 6.31. The molecule has 0 aliphatic heterocycles. The van der Waals surface area contributed by atoms with Crippen molar-refractivity contribution >= 4 is 33.8 Å². The van der Waals surface area contributed by atoms with Crippen molar-refractivity contribution in [3.63, 3.8) is 0 Å². The summed E-state index contributed by atoms with van der Waals surface area (Å²) in [5.74, 6) is 4.71. The highest BCUT2D eigenvalue weighted by Gasteiger charge is 2.17. The first kappa shape index (κ1) is 13.9. The number of aryl methyl sites for hydroxylation is 1. The molecule has 0 aliphatic rings. The van der Waals surface area contributed by atoms with E-state index in [1.807, 2.05) is 6.92 Å². The monoisotopic (exact) mass is 293 g/mol. The molecule has 2 rings (SSSR count). The second-order valence-electron chi connectivity index (χ2n) is 3.86. The van der Waals surface area contributed by atoms with Crippen LogP contribution in [0.15, 0.2) is 24.4 Å². The van der Waals surface area contributed by atoms with Crippen LogP contribution in [-0.2, 0) is 0 Å². The molecule has 104 valence electrons. The van der Waals surface area contributed by atoms with Gasteiger partial charge in [-0.05, 0) is 19.1 Å². The summed E-state index contributed by atoms with van der Waals surface area (Å²) in [7, 11) is 0. The maximum Gasteiger partial charge on any atom is 0.294 e. The van der Waals surface area contributed by atoms with E-state index in [1.54, 1.807) is 6.20 Å². The molecule has 0 spiro atoms. The van der Waals surface area contributed by atoms with Crippen LogP contribution in [0.3, 0.4) is 0 Å². The van der Waals surface area contributed by atoms with Crippen LogP contribution in [0, 0.1) is 17.0 Å². The number of aromatic nitrogens is 1. The first-order chi connectivity index (χ1) is 9.51. The van der Waals surface area contributed by atoms with E-state index in [1.165, 1.54) is 23.5 Å². The van der Waals surface area contributed by atoms with Crippen molar-refractivity contribution in [1.29, 1.82) is 0 Å². The predicted octanol–water partition coefficient (Wildman–Crippen LogP) is 1.90. The second-order valence-corrected chi connectivity index (χ2v) is 5.10. The molecule has 1 aromatic carbocycles. The molecule has 0 fully saturated rings. The highest BCUT2D eigenvalue weighted by atomic mass is 32.1. The molecule has 8 nitrogen and oxygen atoms in total. The summed E-state index contributed by atoms with van der Waals surface area (Å²) in [4.78, 5) is 27.2. The van der Waals surface area contributed by atoms with Crippen molar-refractivity contribution in [2.24, 2.45) is 5.84 Å². The molecule has 2 aromatic rings. The van der Waals surface area contributed by atoms with Crippen LogP contribution < -0.4 is 16.6 Å². The topological polar surface area (TPSA) is 123 Å². The maximum absolute atomic E-state index is 12.0. The third-order valence-electron chi connectivity index (χ3n) is 2.45. The number of nitro benzene ring substituents is 1. The van der Waals surface area contributed by atoms with Crippen molar-refractivity contribution in [1.82, 2.24) is 4.98 Å². The van der Waals surface area contributed by atoms with E-state index in [2.05, 4.69) is 15.7 Å². The number of nitrogens with two attached hydrogens (primary N) is 1. The van der Waals surface area contributed by atoms with Gasteiger partial charge in [0.25, 0.3) is 11.6 Å². The zero-order chi connectivity index (χ0) is 14.7. The number of hydrogen-bond acceptors (Lipinski definition) is 7. The molecule has 4 N–H and O–H groups in total. The Hall–Kier alpha value is -2.52. The molecule has 1 aromatic heterocycles. The number of anilines is 2. The van der Waals surface area contributed by atoms with Crippen LogP contribution in [0.1, 0.15) is 15.2 Å². The largest absolute Gasteiger partial charge is 0.318 e. The Labute approximate surface area is 117 Å². The van der Waals surface area contributed by atoms with Gasteiger partial charge in [0.2, 0.25) is 0 Å². The number of nitrogens with zero attached hydrogens (tertiary/aromatic N) is 2. The number of carbonyl (C=O) groups is 1. The van der Waals surface area contributed by atoms with Crippen LogP contribution in [0.25, 0.3) is 0 Å². The third-order valence-corrected chi connectivity index (χ3v) is 3.28. The number of rotatable bonds is 4. The minimum atomic E-state index is -0.612. The molecule has 9 heteroatoms. The SMILES string of the molecule is Cc1cnc(NC(=O)c2ccc(NN)c([N+](=O)[O-])c2)s1. The number of nitrogen functional groups attached to an aromatic ring is 1. The summed E-state index contributed by atoms with van der Waals surface area (Å²) in [5.41, 5.74) is 2.24. The van der Waals surface area contributed by atoms with Crippen molar-refractivity contribution in [3.05, 3.63) is 45.0 Å². The quantitative estimate of drug-likeness (QED) is 0.449. The van der Waals surface area contributed by atoms with Gasteiger partial charge in [0.05, 0.1) is 4.92 Å². The van der Waals surface area contributed by atoms with Crippen molar-refractivity contribution in [2.45, 2.75) is 6.92 Å². The fourth-order valence-corrected chi connectivity index (χ4v) is 2.19. The highest BCUT2D eigenvalue weighted by Crippen LogP contribution is 2.25. The summed E-state index contributed by atoms with van der Waals surface area (Å²) in [5, 5.41) is 13.9. The van der Waals surface area contributed by atoms with Gasteiger partial charge >= 0.3 is 0 Å². The predicted molar refractivity (Wildman–Crippen MR) is 75.7 cm³/mol. The molecular formula is C11H11N5O3S. The summed E-state index contributed by atoms with van der Waals surface area (Å²) in [6.45, 7) is 1.86. The Bertz CT molecular complexity index is 670. The number of amides is 1. The van der Waals surface area contributed by atoms with E-state index in [4.69, 9.17) is 5.84 Å². The number of carbonyl (C=O) groups excluding carboxylic acids is 1. The lowest BCUT2D eigenvalue weighted by atomic mass is 10.1. The van der Waals surface area contributed by atoms with E-state index in [0.717, 1.165) is 10.9 Å². The van der Waals surface area contributed by atoms with Gasteiger partial charge in [-0.3, -0.25) is 26.1 Å². The minimum absolute atomic E-state index is 0.136. The molecule has 0 unspecified atom stereocenters. The molecule has 0 atom stereocenters. The zero-order valence-electron chi connectivity index (χ0n) is 10.4. The van der Waals surface area contributed by atoms with Crippen LogP contribution in [0.4, 0.5) is 16.5 Å². The smallest absolute Gasteiger partial charge is 0.294 e. The fraction of sp³-hybridized carbons (Fsp3) is 0.0909. The molecule has 0 saturated heterocycles. The van der Waals surface area contributed by atoms with E-state index >= 15 is 0 Å². The van der Waals surface area contributed by atoms with E-state index in [9.17, 15) is 14.9 Å². The fourth-order valence-electron chi connectivity index (χ4n) is 1.53. The van der Waals surface area contributed by atoms with Crippen LogP contribution in [0.2, 0.25) is 0 Å². The summed E-state index contributed by atoms with van der Waals surface area (Å²) < 4.78 is 0. The number of benzene rings is 1. The molecule has 20 heavy (non-hydrogen) atoms. The van der Waals surface area contributed by atoms with E-state index < -0.39 is 10.8 Å². The highest BCUT2D eigenvalue weighted by molar-refractivity contribution is 7.15. The van der Waals surface area contributed by atoms with Gasteiger partial charge < -0.3 is 5.43 Å². The molecule has 0 saturated carbocycles. The lowest BCUT2D eigenvalue weighted by Crippen LogP contribution is -2.14. The van der Waals surface area contributed by atoms with Gasteiger partial charge in [-0.25, -0.2) is 4.98 Å². The molecule has 1 heterocycles. The van der Waals surface area contributed by atoms with Gasteiger partial charge in [-0.15, -0.1) is 11.3 Å². The Morgan fingerprint density at radius 2 is 2.25 bits per heavy atom. The summed E-state index contributed by atoms with van der Waals surface area (Å²) >= 11 is 1.32. The number of thiazole rings is 1. The van der Waals surface area contributed by atoms with Gasteiger partial charge in [-0.1, -0.05) is 0 Å². The number of hydrazine groups is 1. The second kappa shape index (κ2) is 5.63. The minimum Gasteiger partial charge on any atom is -0.318 e. The van der Waals surface area contributed by atoms with E-state index in [0.29, 0.717) is 5.13 Å². The van der Waals surface area contributed by atoms with Gasteiger partial charge in [0.1, 0.15) is 5.69 Å². The average molecular weight is 293 g/mol. The van der Waals surface area contributed by atoms with E-state index in [-0.39, 0.29) is 16.9 Å². The number of nitrogens with one attached hydrogen (secondary N) is 2. The van der Waals surface area contributed by atoms with Crippen LogP contribution in [0.5, 0.6) is 0 Å². The summed E-state index contributed by atoms with van der Waals surface area (Å²) in [6, 6.07) is 3.98. The molecule has 0 radical (unpaired) electrons. The number of hydrogen-bond donors (Lipinski definition) is 3. The Balaban J connectivity index is 2.26. The lowest BCUT2D eigenvalue weighted by Gasteiger charge is -2.05. The lowest BCUT2D eigenvalue weighted by molar-refractivity contribution is -0.384. The Morgan fingerprint density at radius 1 is 1.50 bits per heavy atom. The third kappa shape index (κ3) is 2.90. The zero-order valence-corrected chi connectivity index (χ0v) is 11.2. The van der Waals surface area contributed by atoms with Gasteiger partial charge in [-0.2, -0.15) is 0 Å². The standard InChI is InChI=1S/C11H11N5O3S/c1-6-5-13-11(20-6)14-10(17)7-2-3-8(15-12)9(4-7)16(18)19/h2-5,15H,12H2,1H3,(H,13,14,17). The average Bonchev–Trinajstić information content (AvgIpc) is 2.83. The van der Waals surface area contributed by atoms with Gasteiger partial charge in [0, 0.05) is 22.7 Å². The Kier molecular flexibility index (Phi) is 3.91. The Morgan fingerprint density at radius 3 is 2.80 bits per heavy atom. The molecule has 1 amide bonds. The molecule has 0 bridgehead atoms. The van der Waals surface area contributed by atoms with Gasteiger partial charge in [0.15, 0.2) is 5.13 Å². The van der Waals surface area contributed by atoms with Crippen LogP contribution in [-0.4, -0.2) is 15.8 Å². The van der Waals surface area contributed by atoms with Crippen molar-refractivity contribution in [2.75, 3.05) is 10.7 Å². The maximum atomic E-state index is 12.0. The van der Waals surface area contributed by atoms with Crippen LogP contribution >= 0.6 is 11.3 Å². The molecular weight excluding hydrogens is 282 g/mol. The number of nitro groups is 1. The summed E-state index contributed by atoms with van der Waals surface area (Å²) in [6.07, 6.45) is 1.63. The molecule has 0 aliphatic carbocycles. The normalized spacial score (nSPS) is 10.1. The van der Waals surface area contributed by atoms with Crippen molar-refractivity contribution < 1.29 is 9.72 Å².